The Labute approximate surface area is 230 Å². The molecule has 9 nitrogen and oxygen atoms in total. The van der Waals surface area contributed by atoms with E-state index in [4.69, 9.17) is 9.47 Å². The number of carbonyl (C=O) groups is 1. The van der Waals surface area contributed by atoms with Crippen molar-refractivity contribution in [3.8, 4) is 22.6 Å². The van der Waals surface area contributed by atoms with Gasteiger partial charge in [-0.05, 0) is 80.4 Å². The van der Waals surface area contributed by atoms with Gasteiger partial charge in [0.25, 0.3) is 5.91 Å². The maximum Gasteiger partial charge on any atom is 0.264 e. The number of benzene rings is 2. The predicted octanol–water partition coefficient (Wildman–Crippen LogP) is 3.95. The number of hydrogen-bond acceptors (Lipinski definition) is 8. The zero-order chi connectivity index (χ0) is 28.0. The van der Waals surface area contributed by atoms with E-state index in [9.17, 15) is 13.2 Å². The van der Waals surface area contributed by atoms with Gasteiger partial charge in [-0.3, -0.25) is 14.7 Å². The lowest BCUT2D eigenvalue weighted by molar-refractivity contribution is 0.0981. The molecule has 3 aromatic rings. The molecule has 2 heterocycles. The number of piperazine rings is 1. The van der Waals surface area contributed by atoms with Crippen molar-refractivity contribution in [3.05, 3.63) is 72.1 Å². The lowest BCUT2D eigenvalue weighted by Crippen LogP contribution is -2.46. The molecule has 0 aliphatic carbocycles. The fourth-order valence-corrected chi connectivity index (χ4v) is 5.01. The van der Waals surface area contributed by atoms with Crippen LogP contribution >= 0.6 is 0 Å². The first kappa shape index (κ1) is 28.4. The Morgan fingerprint density at radius 1 is 0.974 bits per heavy atom. The van der Waals surface area contributed by atoms with E-state index in [2.05, 4.69) is 26.9 Å². The molecule has 1 aromatic heterocycles. The number of pyridine rings is 1. The minimum atomic E-state index is -3.60. The third-order valence-corrected chi connectivity index (χ3v) is 6.80. The third kappa shape index (κ3) is 8.18. The molecule has 1 saturated heterocycles. The average Bonchev–Trinajstić information content (AvgIpc) is 2.88. The summed E-state index contributed by atoms with van der Waals surface area (Å²) in [7, 11) is -3.60. The van der Waals surface area contributed by atoms with E-state index in [0.717, 1.165) is 67.3 Å². The van der Waals surface area contributed by atoms with Crippen LogP contribution in [0, 0.1) is 0 Å². The van der Waals surface area contributed by atoms with Crippen molar-refractivity contribution in [2.24, 2.45) is 0 Å². The van der Waals surface area contributed by atoms with Crippen LogP contribution in [0.4, 0.5) is 5.69 Å². The average molecular weight is 553 g/mol. The number of ether oxygens (including phenoxy) is 2. The minimum absolute atomic E-state index is 0.0633. The number of sulfonamides is 1. The highest BCUT2D eigenvalue weighted by molar-refractivity contribution is 7.89. The Kier molecular flexibility index (Phi) is 9.08. The first-order valence-corrected chi connectivity index (χ1v) is 15.0. The van der Waals surface area contributed by atoms with Gasteiger partial charge in [0.15, 0.2) is 0 Å². The fourth-order valence-electron chi connectivity index (χ4n) is 4.55. The molecule has 1 N–H and O–H groups in total. The van der Waals surface area contributed by atoms with Gasteiger partial charge in [0.1, 0.15) is 11.5 Å². The number of nitrogens with one attached hydrogen (secondary N) is 1. The van der Waals surface area contributed by atoms with Crippen LogP contribution in [0.25, 0.3) is 11.1 Å². The fraction of sp³-hybridized carbons (Fsp3) is 0.379. The molecule has 0 spiro atoms. The smallest absolute Gasteiger partial charge is 0.264 e. The van der Waals surface area contributed by atoms with Crippen LogP contribution in [0.5, 0.6) is 11.5 Å². The van der Waals surface area contributed by atoms with Crippen LogP contribution in [0.15, 0.2) is 60.9 Å². The number of hydrogen-bond donors (Lipinski definition) is 1. The summed E-state index contributed by atoms with van der Waals surface area (Å²) in [5, 5.41) is 0. The summed E-state index contributed by atoms with van der Waals surface area (Å²) in [6.45, 7) is 10.8. The normalized spacial score (nSPS) is 14.3. The second kappa shape index (κ2) is 12.5. The first-order valence-electron chi connectivity index (χ1n) is 13.1. The molecule has 0 unspecified atom stereocenters. The third-order valence-electron chi connectivity index (χ3n) is 6.25. The Hall–Kier alpha value is -3.63. The second-order valence-electron chi connectivity index (χ2n) is 9.89. The molecule has 1 aliphatic heterocycles. The van der Waals surface area contributed by atoms with E-state index in [-0.39, 0.29) is 6.10 Å². The molecule has 4 rings (SSSR count). The van der Waals surface area contributed by atoms with Crippen molar-refractivity contribution in [1.82, 2.24) is 14.6 Å². The summed E-state index contributed by atoms with van der Waals surface area (Å²) in [4.78, 5) is 21.1. The summed E-state index contributed by atoms with van der Waals surface area (Å²) in [6, 6.07) is 15.4. The molecule has 208 valence electrons. The maximum atomic E-state index is 12.1. The molecule has 1 fully saturated rings. The monoisotopic (exact) mass is 552 g/mol. The van der Waals surface area contributed by atoms with Crippen LogP contribution in [0.3, 0.4) is 0 Å². The largest absolute Gasteiger partial charge is 0.492 e. The summed E-state index contributed by atoms with van der Waals surface area (Å²) < 4.78 is 36.4. The van der Waals surface area contributed by atoms with Crippen molar-refractivity contribution < 1.29 is 22.7 Å². The van der Waals surface area contributed by atoms with Gasteiger partial charge in [-0.15, -0.1) is 0 Å². The first-order chi connectivity index (χ1) is 18.6. The Bertz CT molecular complexity index is 1390. The number of nitrogens with zero attached hydrogens (tertiary/aromatic N) is 3. The molecule has 0 radical (unpaired) electrons. The zero-order valence-electron chi connectivity index (χ0n) is 22.9. The summed E-state index contributed by atoms with van der Waals surface area (Å²) >= 11 is 0. The molecule has 0 saturated carbocycles. The highest BCUT2D eigenvalue weighted by atomic mass is 32.2. The molecular weight excluding hydrogens is 516 g/mol. The Morgan fingerprint density at radius 2 is 1.67 bits per heavy atom. The van der Waals surface area contributed by atoms with Crippen molar-refractivity contribution in [1.29, 1.82) is 0 Å². The maximum absolute atomic E-state index is 12.1. The standard InChI is InChI=1S/C29H36N4O5S/c1-5-37-28-17-25(18-30-19-28)24-14-22(15-27(16-24)38-21(2)3)20-32-10-12-33(13-11-32)26-8-6-23(7-9-26)29(34)31-39(4,35)36/h6-9,14-19,21H,5,10-13,20H2,1-4H3,(H,31,34). The predicted molar refractivity (Wildman–Crippen MR) is 153 cm³/mol. The lowest BCUT2D eigenvalue weighted by Gasteiger charge is -2.36. The Balaban J connectivity index is 1.43. The van der Waals surface area contributed by atoms with Gasteiger partial charge >= 0.3 is 0 Å². The van der Waals surface area contributed by atoms with Gasteiger partial charge in [-0.2, -0.15) is 0 Å². The molecule has 10 heteroatoms. The molecule has 0 bridgehead atoms. The van der Waals surface area contributed by atoms with Crippen LogP contribution in [-0.2, 0) is 16.6 Å². The number of carbonyl (C=O) groups excluding carboxylic acids is 1. The quantitative estimate of drug-likeness (QED) is 0.404. The number of amides is 1. The summed E-state index contributed by atoms with van der Waals surface area (Å²) in [5.74, 6) is 0.946. The van der Waals surface area contributed by atoms with Gasteiger partial charge in [0.05, 0.1) is 25.2 Å². The van der Waals surface area contributed by atoms with Gasteiger partial charge in [0.2, 0.25) is 10.0 Å². The van der Waals surface area contributed by atoms with Gasteiger partial charge in [-0.1, -0.05) is 0 Å². The SMILES string of the molecule is CCOc1cncc(-c2cc(CN3CCN(c4ccc(C(=O)NS(C)(=O)=O)cc4)CC3)cc(OC(C)C)c2)c1. The van der Waals surface area contributed by atoms with E-state index in [1.54, 1.807) is 18.3 Å². The van der Waals surface area contributed by atoms with E-state index in [0.29, 0.717) is 12.2 Å². The number of aromatic nitrogens is 1. The highest BCUT2D eigenvalue weighted by Gasteiger charge is 2.19. The van der Waals surface area contributed by atoms with Gasteiger partial charge in [-0.25, -0.2) is 13.1 Å². The Morgan fingerprint density at radius 3 is 2.31 bits per heavy atom. The van der Waals surface area contributed by atoms with Crippen LogP contribution < -0.4 is 19.1 Å². The van der Waals surface area contributed by atoms with Gasteiger partial charge in [0, 0.05) is 55.7 Å². The van der Waals surface area contributed by atoms with Crippen LogP contribution in [0.1, 0.15) is 36.7 Å². The number of anilines is 1. The second-order valence-corrected chi connectivity index (χ2v) is 11.6. The molecule has 1 amide bonds. The highest BCUT2D eigenvalue weighted by Crippen LogP contribution is 2.29. The van der Waals surface area contributed by atoms with Crippen molar-refractivity contribution in [2.45, 2.75) is 33.4 Å². The van der Waals surface area contributed by atoms with E-state index in [1.807, 2.05) is 56.0 Å². The van der Waals surface area contributed by atoms with E-state index >= 15 is 0 Å². The molecule has 39 heavy (non-hydrogen) atoms. The number of rotatable bonds is 10. The molecule has 1 aliphatic rings. The summed E-state index contributed by atoms with van der Waals surface area (Å²) in [5.41, 5.74) is 4.50. The topological polar surface area (TPSA) is 101 Å². The van der Waals surface area contributed by atoms with Crippen molar-refractivity contribution in [2.75, 3.05) is 43.9 Å². The van der Waals surface area contributed by atoms with Crippen molar-refractivity contribution >= 4 is 21.6 Å². The zero-order valence-corrected chi connectivity index (χ0v) is 23.7. The minimum Gasteiger partial charge on any atom is -0.492 e. The van der Waals surface area contributed by atoms with Crippen LogP contribution in [0.2, 0.25) is 0 Å². The van der Waals surface area contributed by atoms with Gasteiger partial charge < -0.3 is 14.4 Å². The lowest BCUT2D eigenvalue weighted by atomic mass is 10.0. The van der Waals surface area contributed by atoms with E-state index in [1.165, 1.54) is 5.56 Å². The van der Waals surface area contributed by atoms with Crippen LogP contribution in [-0.4, -0.2) is 69.4 Å². The van der Waals surface area contributed by atoms with Crippen molar-refractivity contribution in [3.63, 3.8) is 0 Å². The molecule has 0 atom stereocenters. The molecule has 2 aromatic carbocycles. The van der Waals surface area contributed by atoms with E-state index < -0.39 is 15.9 Å². The molecular formula is C29H36N4O5S. The summed E-state index contributed by atoms with van der Waals surface area (Å²) in [6.07, 6.45) is 4.59.